The Labute approximate surface area is 176 Å². The van der Waals surface area contributed by atoms with Gasteiger partial charge in [0, 0.05) is 16.9 Å². The second kappa shape index (κ2) is 7.81. The first-order valence-corrected chi connectivity index (χ1v) is 10.5. The predicted molar refractivity (Wildman–Crippen MR) is 118 cm³/mol. The molecule has 1 amide bonds. The van der Waals surface area contributed by atoms with E-state index in [0.29, 0.717) is 17.2 Å². The largest absolute Gasteiger partial charge is 0.279 e. The van der Waals surface area contributed by atoms with Crippen molar-refractivity contribution < 1.29 is 4.79 Å². The van der Waals surface area contributed by atoms with Crippen LogP contribution in [0.15, 0.2) is 65.4 Å². The molecule has 0 bridgehead atoms. The molecule has 0 aliphatic rings. The van der Waals surface area contributed by atoms with Crippen LogP contribution in [0.5, 0.6) is 0 Å². The van der Waals surface area contributed by atoms with Crippen LogP contribution in [-0.4, -0.2) is 15.9 Å². The van der Waals surface area contributed by atoms with E-state index < -0.39 is 0 Å². The Kier molecular flexibility index (Phi) is 5.24. The predicted octanol–water partition coefficient (Wildman–Crippen LogP) is 5.92. The van der Waals surface area contributed by atoms with Crippen molar-refractivity contribution in [3.8, 4) is 0 Å². The molecule has 0 N–H and O–H groups in total. The summed E-state index contributed by atoms with van der Waals surface area (Å²) in [6.07, 6.45) is 3.51. The highest BCUT2D eigenvalue weighted by Gasteiger charge is 2.23. The first kappa shape index (κ1) is 18.8. The smallest absolute Gasteiger partial charge is 0.261 e. The van der Waals surface area contributed by atoms with E-state index in [1.807, 2.05) is 36.4 Å². The van der Waals surface area contributed by atoms with Gasteiger partial charge in [-0.25, -0.2) is 4.98 Å². The summed E-state index contributed by atoms with van der Waals surface area (Å²) in [6.45, 7) is 4.58. The third-order valence-electron chi connectivity index (χ3n) is 4.64. The maximum absolute atomic E-state index is 13.4. The van der Waals surface area contributed by atoms with Crippen LogP contribution in [0.4, 0.5) is 5.13 Å². The summed E-state index contributed by atoms with van der Waals surface area (Å²) < 4.78 is 1.85. The normalized spacial score (nSPS) is 11.0. The Hall–Kier alpha value is -2.57. The Morgan fingerprint density at radius 2 is 1.89 bits per heavy atom. The molecule has 0 spiro atoms. The Morgan fingerprint density at radius 1 is 1.11 bits per heavy atom. The van der Waals surface area contributed by atoms with Gasteiger partial charge in [-0.2, -0.15) is 0 Å². The molecule has 0 saturated carbocycles. The van der Waals surface area contributed by atoms with E-state index in [1.54, 1.807) is 17.3 Å². The van der Waals surface area contributed by atoms with Crippen LogP contribution in [0.2, 0.25) is 0 Å². The van der Waals surface area contributed by atoms with Crippen LogP contribution in [0.25, 0.3) is 10.2 Å². The molecule has 4 aromatic rings. The van der Waals surface area contributed by atoms with Crippen molar-refractivity contribution in [1.29, 1.82) is 0 Å². The average Bonchev–Trinajstić information content (AvgIpc) is 3.09. The lowest BCUT2D eigenvalue weighted by Gasteiger charge is -2.20. The molecule has 0 unspecified atom stereocenters. The summed E-state index contributed by atoms with van der Waals surface area (Å²) in [5.41, 5.74) is 4.89. The molecular formula is C22H18BrN3OS. The number of nitrogens with zero attached hydrogens (tertiary/aromatic N) is 3. The number of halogens is 1. The van der Waals surface area contributed by atoms with Gasteiger partial charge in [0.25, 0.3) is 5.91 Å². The zero-order valence-corrected chi connectivity index (χ0v) is 17.9. The molecule has 4 rings (SSSR count). The molecule has 6 heteroatoms. The third-order valence-corrected chi connectivity index (χ3v) is 6.37. The van der Waals surface area contributed by atoms with Gasteiger partial charge in [-0.15, -0.1) is 0 Å². The quantitative estimate of drug-likeness (QED) is 0.386. The second-order valence-electron chi connectivity index (χ2n) is 6.63. The van der Waals surface area contributed by atoms with Gasteiger partial charge in [0.1, 0.15) is 0 Å². The van der Waals surface area contributed by atoms with Gasteiger partial charge in [0.05, 0.1) is 22.3 Å². The fourth-order valence-electron chi connectivity index (χ4n) is 2.96. The Bertz CT molecular complexity index is 1120. The van der Waals surface area contributed by atoms with Crippen molar-refractivity contribution in [2.75, 3.05) is 4.90 Å². The Morgan fingerprint density at radius 3 is 2.64 bits per heavy atom. The lowest BCUT2D eigenvalue weighted by atomic mass is 10.1. The molecular weight excluding hydrogens is 434 g/mol. The maximum Gasteiger partial charge on any atom is 0.261 e. The maximum atomic E-state index is 13.4. The minimum absolute atomic E-state index is 0.0937. The van der Waals surface area contributed by atoms with E-state index in [4.69, 9.17) is 4.98 Å². The fourth-order valence-corrected chi connectivity index (χ4v) is 4.46. The topological polar surface area (TPSA) is 46.1 Å². The van der Waals surface area contributed by atoms with Crippen LogP contribution in [0.3, 0.4) is 0 Å². The van der Waals surface area contributed by atoms with Crippen molar-refractivity contribution in [3.05, 3.63) is 87.7 Å². The highest BCUT2D eigenvalue weighted by Crippen LogP contribution is 2.33. The van der Waals surface area contributed by atoms with Crippen LogP contribution >= 0.6 is 27.3 Å². The monoisotopic (exact) mass is 451 g/mol. The van der Waals surface area contributed by atoms with Crippen molar-refractivity contribution in [1.82, 2.24) is 9.97 Å². The highest BCUT2D eigenvalue weighted by molar-refractivity contribution is 9.10. The Balaban J connectivity index is 1.81. The molecule has 0 aliphatic heterocycles. The van der Waals surface area contributed by atoms with Gasteiger partial charge in [-0.05, 0) is 76.8 Å². The number of fused-ring (bicyclic) bond motifs is 1. The number of anilines is 1. The molecule has 0 saturated heterocycles. The summed E-state index contributed by atoms with van der Waals surface area (Å²) in [5.74, 6) is -0.0937. The number of hydrogen-bond donors (Lipinski definition) is 0. The zero-order chi connectivity index (χ0) is 19.7. The first-order valence-electron chi connectivity index (χ1n) is 8.86. The number of benzene rings is 2. The molecule has 0 aliphatic carbocycles. The van der Waals surface area contributed by atoms with Gasteiger partial charge >= 0.3 is 0 Å². The van der Waals surface area contributed by atoms with E-state index in [2.05, 4.69) is 46.9 Å². The van der Waals surface area contributed by atoms with Crippen molar-refractivity contribution >= 4 is 48.5 Å². The first-order chi connectivity index (χ1) is 13.5. The minimum atomic E-state index is -0.0937. The number of carbonyl (C=O) groups is 1. The fraction of sp³-hybridized carbons (Fsp3) is 0.136. The molecule has 2 aromatic heterocycles. The molecule has 28 heavy (non-hydrogen) atoms. The lowest BCUT2D eigenvalue weighted by molar-refractivity contribution is 0.0984. The van der Waals surface area contributed by atoms with E-state index in [-0.39, 0.29) is 5.91 Å². The molecule has 140 valence electrons. The standard InChI is InChI=1S/C22H18BrN3OS/c1-14-10-19-20(11-15(14)2)28-22(25-19)26(13-16-6-5-9-24-12-16)21(27)17-7-3-4-8-18(17)23/h3-12H,13H2,1-2H3. The molecule has 4 nitrogen and oxygen atoms in total. The lowest BCUT2D eigenvalue weighted by Crippen LogP contribution is -2.30. The number of aryl methyl sites for hydroxylation is 2. The second-order valence-corrected chi connectivity index (χ2v) is 8.50. The summed E-state index contributed by atoms with van der Waals surface area (Å²) in [7, 11) is 0. The van der Waals surface area contributed by atoms with Gasteiger partial charge in [0.15, 0.2) is 5.13 Å². The molecule has 2 aromatic carbocycles. The van der Waals surface area contributed by atoms with Crippen molar-refractivity contribution in [2.45, 2.75) is 20.4 Å². The van der Waals surface area contributed by atoms with Gasteiger partial charge in [-0.1, -0.05) is 29.5 Å². The van der Waals surface area contributed by atoms with Crippen molar-refractivity contribution in [2.24, 2.45) is 0 Å². The van der Waals surface area contributed by atoms with Gasteiger partial charge in [-0.3, -0.25) is 14.7 Å². The molecule has 2 heterocycles. The van der Waals surface area contributed by atoms with Gasteiger partial charge < -0.3 is 0 Å². The number of amides is 1. The zero-order valence-electron chi connectivity index (χ0n) is 15.5. The summed E-state index contributed by atoms with van der Waals surface area (Å²) >= 11 is 5.03. The van der Waals surface area contributed by atoms with Crippen molar-refractivity contribution in [3.63, 3.8) is 0 Å². The minimum Gasteiger partial charge on any atom is -0.279 e. The van der Waals surface area contributed by atoms with Crippen LogP contribution in [-0.2, 0) is 6.54 Å². The third kappa shape index (κ3) is 3.70. The average molecular weight is 452 g/mol. The molecule has 0 atom stereocenters. The number of aromatic nitrogens is 2. The van der Waals surface area contributed by atoms with Gasteiger partial charge in [0.2, 0.25) is 0 Å². The number of hydrogen-bond acceptors (Lipinski definition) is 4. The van der Waals surface area contributed by atoms with Crippen LogP contribution < -0.4 is 4.90 Å². The number of rotatable bonds is 4. The van der Waals surface area contributed by atoms with E-state index in [9.17, 15) is 4.79 Å². The number of carbonyl (C=O) groups excluding carboxylic acids is 1. The molecule has 0 fully saturated rings. The number of thiazole rings is 1. The summed E-state index contributed by atoms with van der Waals surface area (Å²) in [5, 5.41) is 0.685. The summed E-state index contributed by atoms with van der Waals surface area (Å²) in [6, 6.07) is 15.5. The highest BCUT2D eigenvalue weighted by atomic mass is 79.9. The van der Waals surface area contributed by atoms with E-state index in [0.717, 1.165) is 20.3 Å². The molecule has 0 radical (unpaired) electrons. The van der Waals surface area contributed by atoms with E-state index >= 15 is 0 Å². The summed E-state index contributed by atoms with van der Waals surface area (Å²) in [4.78, 5) is 24.1. The van der Waals surface area contributed by atoms with E-state index in [1.165, 1.54) is 22.5 Å². The number of pyridine rings is 1. The SMILES string of the molecule is Cc1cc2nc(N(Cc3cccnc3)C(=O)c3ccccc3Br)sc2cc1C. The van der Waals surface area contributed by atoms with Crippen LogP contribution in [0.1, 0.15) is 27.0 Å². The van der Waals surface area contributed by atoms with Crippen LogP contribution in [0, 0.1) is 13.8 Å².